The van der Waals surface area contributed by atoms with Gasteiger partial charge >= 0.3 is 0 Å². The Morgan fingerprint density at radius 3 is 2.71 bits per heavy atom. The third kappa shape index (κ3) is 4.53. The van der Waals surface area contributed by atoms with Gasteiger partial charge in [-0.3, -0.25) is 4.79 Å². The lowest BCUT2D eigenvalue weighted by atomic mass is 10.1. The summed E-state index contributed by atoms with van der Waals surface area (Å²) in [6, 6.07) is 13.5. The molecule has 0 unspecified atom stereocenters. The summed E-state index contributed by atoms with van der Waals surface area (Å²) in [5.41, 5.74) is 2.37. The summed E-state index contributed by atoms with van der Waals surface area (Å²) < 4.78 is 19.6. The largest absolute Gasteiger partial charge is 0.490 e. The second-order valence-corrected chi connectivity index (χ2v) is 9.30. The molecule has 7 nitrogen and oxygen atoms in total. The first-order valence-corrected chi connectivity index (χ1v) is 12.7. The Bertz CT molecular complexity index is 1600. The molecule has 8 heteroatoms. The standard InChI is InChI=1S/C27H27N3O4S/c1-4-6-9-14-33-21-13-12-18(15-22(21)32-5-2)16-23-26(31)30-27(35-23)28-25(29-30)24-17(3)19-10-7-8-11-20(19)34-24/h7-8,10-13,15-16H,4-6,9,14H2,1-3H3/b23-16-. The number of para-hydroxylation sites is 1. The molecule has 0 saturated carbocycles. The van der Waals surface area contributed by atoms with E-state index in [2.05, 4.69) is 17.0 Å². The van der Waals surface area contributed by atoms with Crippen molar-refractivity contribution in [2.45, 2.75) is 40.0 Å². The minimum Gasteiger partial charge on any atom is -0.490 e. The van der Waals surface area contributed by atoms with Crippen LogP contribution in [0.1, 0.15) is 44.2 Å². The van der Waals surface area contributed by atoms with E-state index in [1.165, 1.54) is 15.9 Å². The Kier molecular flexibility index (Phi) is 6.55. The molecular weight excluding hydrogens is 462 g/mol. The highest BCUT2D eigenvalue weighted by Crippen LogP contribution is 2.31. The zero-order valence-corrected chi connectivity index (χ0v) is 20.9. The zero-order valence-electron chi connectivity index (χ0n) is 20.0. The fraction of sp³-hybridized carbons (Fsp3) is 0.296. The second-order valence-electron chi connectivity index (χ2n) is 8.29. The molecule has 0 aliphatic carbocycles. The van der Waals surface area contributed by atoms with Gasteiger partial charge in [-0.1, -0.05) is 55.4 Å². The highest BCUT2D eigenvalue weighted by Gasteiger charge is 2.19. The van der Waals surface area contributed by atoms with E-state index in [0.29, 0.717) is 40.0 Å². The number of rotatable bonds is 9. The summed E-state index contributed by atoms with van der Waals surface area (Å²) >= 11 is 1.30. The molecule has 0 spiro atoms. The van der Waals surface area contributed by atoms with Crippen LogP contribution in [0.15, 0.2) is 51.7 Å². The van der Waals surface area contributed by atoms with Crippen molar-refractivity contribution < 1.29 is 13.9 Å². The Labute approximate surface area is 206 Å². The van der Waals surface area contributed by atoms with Crippen LogP contribution in [0, 0.1) is 6.92 Å². The maximum Gasteiger partial charge on any atom is 0.291 e. The molecule has 3 heterocycles. The molecule has 35 heavy (non-hydrogen) atoms. The molecule has 0 aliphatic heterocycles. The van der Waals surface area contributed by atoms with Gasteiger partial charge in [0, 0.05) is 10.9 Å². The highest BCUT2D eigenvalue weighted by atomic mass is 32.1. The number of unbranched alkanes of at least 4 members (excludes halogenated alkanes) is 2. The van der Waals surface area contributed by atoms with E-state index >= 15 is 0 Å². The van der Waals surface area contributed by atoms with E-state index in [0.717, 1.165) is 47.1 Å². The van der Waals surface area contributed by atoms with Gasteiger partial charge in [0.15, 0.2) is 17.3 Å². The topological polar surface area (TPSA) is 78.9 Å². The van der Waals surface area contributed by atoms with Crippen LogP contribution in [0.5, 0.6) is 11.5 Å². The first-order chi connectivity index (χ1) is 17.1. The number of ether oxygens (including phenoxy) is 2. The Balaban J connectivity index is 1.46. The Morgan fingerprint density at radius 2 is 1.94 bits per heavy atom. The SMILES string of the molecule is CCCCCOc1ccc(/C=c2\sc3nc(-c4oc5ccccc5c4C)nn3c2=O)cc1OCC. The van der Waals surface area contributed by atoms with Crippen LogP contribution in [0.2, 0.25) is 0 Å². The van der Waals surface area contributed by atoms with Gasteiger partial charge < -0.3 is 13.9 Å². The molecule has 0 bridgehead atoms. The summed E-state index contributed by atoms with van der Waals surface area (Å²) in [4.78, 5) is 18.2. The minimum atomic E-state index is -0.213. The lowest BCUT2D eigenvalue weighted by Gasteiger charge is -2.12. The average Bonchev–Trinajstić information content (AvgIpc) is 3.51. The van der Waals surface area contributed by atoms with Gasteiger partial charge in [-0.05, 0) is 50.1 Å². The van der Waals surface area contributed by atoms with E-state index in [4.69, 9.17) is 13.9 Å². The zero-order chi connectivity index (χ0) is 24.4. The molecule has 2 aromatic carbocycles. The number of nitrogens with zero attached hydrogens (tertiary/aromatic N) is 3. The molecule has 0 amide bonds. The Hall–Kier alpha value is -3.65. The van der Waals surface area contributed by atoms with Gasteiger partial charge in [-0.25, -0.2) is 0 Å². The fourth-order valence-electron chi connectivity index (χ4n) is 4.01. The molecule has 3 aromatic heterocycles. The highest BCUT2D eigenvalue weighted by molar-refractivity contribution is 7.15. The molecule has 5 aromatic rings. The van der Waals surface area contributed by atoms with Crippen molar-refractivity contribution in [1.82, 2.24) is 14.6 Å². The normalized spacial score (nSPS) is 12.1. The Morgan fingerprint density at radius 1 is 1.09 bits per heavy atom. The molecule has 5 rings (SSSR count). The number of hydrogen-bond acceptors (Lipinski definition) is 7. The predicted molar refractivity (Wildman–Crippen MR) is 138 cm³/mol. The molecule has 180 valence electrons. The lowest BCUT2D eigenvalue weighted by Crippen LogP contribution is -2.23. The molecule has 0 aliphatic rings. The summed E-state index contributed by atoms with van der Waals surface area (Å²) in [5, 5.41) is 5.47. The van der Waals surface area contributed by atoms with Crippen molar-refractivity contribution in [3.63, 3.8) is 0 Å². The molecular formula is C27H27N3O4S. The molecule has 0 N–H and O–H groups in total. The summed E-state index contributed by atoms with van der Waals surface area (Å²) in [6.07, 6.45) is 5.12. The van der Waals surface area contributed by atoms with E-state index in [1.54, 1.807) is 0 Å². The third-order valence-corrected chi connectivity index (χ3v) is 6.76. The van der Waals surface area contributed by atoms with Crippen LogP contribution < -0.4 is 19.6 Å². The van der Waals surface area contributed by atoms with Crippen molar-refractivity contribution in [2.24, 2.45) is 0 Å². The summed E-state index contributed by atoms with van der Waals surface area (Å²) in [6.45, 7) is 7.26. The van der Waals surface area contributed by atoms with E-state index in [9.17, 15) is 4.79 Å². The second kappa shape index (κ2) is 9.92. The first kappa shape index (κ1) is 23.1. The van der Waals surface area contributed by atoms with Crippen LogP contribution >= 0.6 is 11.3 Å². The van der Waals surface area contributed by atoms with Gasteiger partial charge in [0.1, 0.15) is 5.58 Å². The third-order valence-electron chi connectivity index (χ3n) is 5.80. The molecule has 0 atom stereocenters. The first-order valence-electron chi connectivity index (χ1n) is 11.9. The van der Waals surface area contributed by atoms with Crippen LogP contribution in [-0.2, 0) is 0 Å². The van der Waals surface area contributed by atoms with Gasteiger partial charge in [0.2, 0.25) is 10.8 Å². The molecule has 0 fully saturated rings. The van der Waals surface area contributed by atoms with Crippen molar-refractivity contribution in [2.75, 3.05) is 13.2 Å². The maximum atomic E-state index is 13.1. The number of thiazole rings is 1. The number of furan rings is 1. The quantitative estimate of drug-likeness (QED) is 0.258. The molecule has 0 saturated heterocycles. The number of benzene rings is 2. The van der Waals surface area contributed by atoms with E-state index < -0.39 is 0 Å². The van der Waals surface area contributed by atoms with Gasteiger partial charge in [-0.2, -0.15) is 9.50 Å². The van der Waals surface area contributed by atoms with Crippen molar-refractivity contribution in [1.29, 1.82) is 0 Å². The van der Waals surface area contributed by atoms with Crippen LogP contribution in [0.25, 0.3) is 33.6 Å². The van der Waals surface area contributed by atoms with Crippen molar-refractivity contribution in [3.8, 4) is 23.1 Å². The predicted octanol–water partition coefficient (Wildman–Crippen LogP) is 5.39. The van der Waals surface area contributed by atoms with E-state index in [1.807, 2.05) is 62.4 Å². The van der Waals surface area contributed by atoms with Crippen LogP contribution in [-0.4, -0.2) is 27.8 Å². The number of fused-ring (bicyclic) bond motifs is 2. The number of aryl methyl sites for hydroxylation is 1. The number of hydrogen-bond donors (Lipinski definition) is 0. The van der Waals surface area contributed by atoms with Crippen molar-refractivity contribution in [3.05, 3.63) is 68.5 Å². The van der Waals surface area contributed by atoms with Crippen molar-refractivity contribution >= 4 is 33.3 Å². The van der Waals surface area contributed by atoms with Crippen LogP contribution in [0.4, 0.5) is 0 Å². The minimum absolute atomic E-state index is 0.213. The lowest BCUT2D eigenvalue weighted by molar-refractivity contribution is 0.271. The number of aromatic nitrogens is 3. The summed E-state index contributed by atoms with van der Waals surface area (Å²) in [5.74, 6) is 2.39. The monoisotopic (exact) mass is 489 g/mol. The summed E-state index contributed by atoms with van der Waals surface area (Å²) in [7, 11) is 0. The molecule has 0 radical (unpaired) electrons. The van der Waals surface area contributed by atoms with E-state index in [-0.39, 0.29) is 5.56 Å². The average molecular weight is 490 g/mol. The van der Waals surface area contributed by atoms with Gasteiger partial charge in [0.05, 0.1) is 17.7 Å². The smallest absolute Gasteiger partial charge is 0.291 e. The fourth-order valence-corrected chi connectivity index (χ4v) is 4.91. The van der Waals surface area contributed by atoms with Crippen LogP contribution in [0.3, 0.4) is 0 Å². The maximum absolute atomic E-state index is 13.1. The van der Waals surface area contributed by atoms with Gasteiger partial charge in [0.25, 0.3) is 5.56 Å². The van der Waals surface area contributed by atoms with Gasteiger partial charge in [-0.15, -0.1) is 5.10 Å².